The lowest BCUT2D eigenvalue weighted by atomic mass is 9.74. The Balaban J connectivity index is 1.25. The summed E-state index contributed by atoms with van der Waals surface area (Å²) in [5, 5.41) is 3.57. The van der Waals surface area contributed by atoms with Gasteiger partial charge >= 0.3 is 12.4 Å². The molecule has 46 heavy (non-hydrogen) atoms. The van der Waals surface area contributed by atoms with Crippen LogP contribution in [0.25, 0.3) is 17.2 Å². The molecule has 3 heterocycles. The number of nitrogens with zero attached hydrogens (tertiary/aromatic N) is 3. The van der Waals surface area contributed by atoms with Crippen molar-refractivity contribution in [1.29, 1.82) is 0 Å². The van der Waals surface area contributed by atoms with E-state index < -0.39 is 12.3 Å². The summed E-state index contributed by atoms with van der Waals surface area (Å²) in [6, 6.07) is 21.6. The van der Waals surface area contributed by atoms with Gasteiger partial charge in [0.2, 0.25) is 5.95 Å². The molecule has 2 amide bonds. The molecule has 1 aromatic heterocycles. The quantitative estimate of drug-likeness (QED) is 0.162. The number of carbonyl (C=O) groups excluding carboxylic acids is 1. The average Bonchev–Trinajstić information content (AvgIpc) is 3.34. The highest BCUT2D eigenvalue weighted by Gasteiger charge is 2.46. The van der Waals surface area contributed by atoms with E-state index in [1.807, 2.05) is 30.3 Å². The summed E-state index contributed by atoms with van der Waals surface area (Å²) in [6.45, 7) is 2.89. The Morgan fingerprint density at radius 2 is 1.78 bits per heavy atom. The number of ether oxygens (including phenoxy) is 1. The van der Waals surface area contributed by atoms with Gasteiger partial charge in [-0.25, -0.2) is 9.78 Å². The van der Waals surface area contributed by atoms with Crippen LogP contribution in [0.15, 0.2) is 91.1 Å². The molecule has 2 aliphatic heterocycles. The molecule has 0 aliphatic carbocycles. The van der Waals surface area contributed by atoms with Gasteiger partial charge < -0.3 is 10.1 Å². The molecule has 1 saturated heterocycles. The maximum atomic E-state index is 13.7. The molecule has 0 bridgehead atoms. The predicted octanol–water partition coefficient (Wildman–Crippen LogP) is 8.22. The van der Waals surface area contributed by atoms with E-state index in [4.69, 9.17) is 11.6 Å². The number of fused-ring (bicyclic) bond motifs is 2. The fraction of sp³-hybridized carbons (Fsp3) is 0.257. The number of para-hydroxylation sites is 1. The summed E-state index contributed by atoms with van der Waals surface area (Å²) in [5.41, 5.74) is 3.67. The zero-order valence-electron chi connectivity index (χ0n) is 24.7. The number of pyridine rings is 1. The molecule has 4 aromatic rings. The zero-order valence-corrected chi connectivity index (χ0v) is 25.5. The van der Waals surface area contributed by atoms with E-state index in [1.54, 1.807) is 35.2 Å². The minimum Gasteiger partial charge on any atom is -0.405 e. The van der Waals surface area contributed by atoms with Gasteiger partial charge in [0.1, 0.15) is 5.75 Å². The summed E-state index contributed by atoms with van der Waals surface area (Å²) in [4.78, 5) is 21.2. The van der Waals surface area contributed by atoms with Gasteiger partial charge in [-0.15, -0.1) is 13.2 Å². The van der Waals surface area contributed by atoms with Crippen LogP contribution in [0.1, 0.15) is 29.5 Å². The monoisotopic (exact) mass is 650 g/mol. The van der Waals surface area contributed by atoms with E-state index in [0.29, 0.717) is 28.4 Å². The summed E-state index contributed by atoms with van der Waals surface area (Å²) < 4.78 is 57.6. The van der Waals surface area contributed by atoms with Crippen LogP contribution in [0.4, 0.5) is 28.0 Å². The van der Waals surface area contributed by atoms with E-state index in [1.165, 1.54) is 24.4 Å². The van der Waals surface area contributed by atoms with Gasteiger partial charge in [-0.1, -0.05) is 66.2 Å². The minimum atomic E-state index is -4.85. The zero-order chi connectivity index (χ0) is 32.3. The first-order valence-corrected chi connectivity index (χ1v) is 15.3. The fourth-order valence-corrected chi connectivity index (χ4v) is 6.40. The molecule has 0 radical (unpaired) electrons. The first-order chi connectivity index (χ1) is 22.1. The normalized spacial score (nSPS) is 16.2. The second kappa shape index (κ2) is 13.1. The molecule has 2 aliphatic rings. The molecule has 1 fully saturated rings. The van der Waals surface area contributed by atoms with Gasteiger partial charge in [-0.2, -0.15) is 4.39 Å². The molecule has 0 saturated carbocycles. The lowest BCUT2D eigenvalue weighted by molar-refractivity contribution is -0.274. The number of alkyl halides is 3. The lowest BCUT2D eigenvalue weighted by Crippen LogP contribution is -2.47. The molecule has 0 atom stereocenters. The van der Waals surface area contributed by atoms with Crippen molar-refractivity contribution in [2.75, 3.05) is 31.1 Å². The Hall–Kier alpha value is -4.41. The minimum absolute atomic E-state index is 0.0901. The van der Waals surface area contributed by atoms with E-state index >= 15 is 0 Å². The Labute approximate surface area is 269 Å². The fourth-order valence-electron chi connectivity index (χ4n) is 6.27. The van der Waals surface area contributed by atoms with Gasteiger partial charge in [0.15, 0.2) is 0 Å². The topological polar surface area (TPSA) is 57.7 Å². The van der Waals surface area contributed by atoms with Gasteiger partial charge in [0, 0.05) is 47.5 Å². The number of carbonyl (C=O) groups is 1. The highest BCUT2D eigenvalue weighted by Crippen LogP contribution is 2.49. The first kappa shape index (κ1) is 31.6. The van der Waals surface area contributed by atoms with Crippen molar-refractivity contribution in [2.24, 2.45) is 0 Å². The number of hydrogen-bond donors (Lipinski definition) is 1. The van der Waals surface area contributed by atoms with E-state index in [0.717, 1.165) is 43.6 Å². The van der Waals surface area contributed by atoms with E-state index in [2.05, 4.69) is 32.1 Å². The second-order valence-electron chi connectivity index (χ2n) is 11.5. The highest BCUT2D eigenvalue weighted by molar-refractivity contribution is 6.30. The number of aromatic nitrogens is 1. The molecule has 6 nitrogen and oxygen atoms in total. The van der Waals surface area contributed by atoms with Gasteiger partial charge in [0.25, 0.3) is 0 Å². The van der Waals surface area contributed by atoms with Crippen LogP contribution in [0, 0.1) is 5.95 Å². The number of amides is 2. The molecule has 6 rings (SSSR count). The Morgan fingerprint density at radius 3 is 2.52 bits per heavy atom. The number of anilines is 1. The summed E-state index contributed by atoms with van der Waals surface area (Å²) in [6.07, 6.45) is 2.25. The summed E-state index contributed by atoms with van der Waals surface area (Å²) >= 11 is 5.99. The van der Waals surface area contributed by atoms with Crippen molar-refractivity contribution < 1.29 is 27.1 Å². The number of halogens is 5. The Kier molecular flexibility index (Phi) is 9.02. The molecule has 11 heteroatoms. The van der Waals surface area contributed by atoms with Crippen molar-refractivity contribution in [3.05, 3.63) is 119 Å². The van der Waals surface area contributed by atoms with Crippen LogP contribution >= 0.6 is 11.6 Å². The van der Waals surface area contributed by atoms with Crippen molar-refractivity contribution in [2.45, 2.75) is 31.2 Å². The average molecular weight is 651 g/mol. The van der Waals surface area contributed by atoms with Crippen molar-refractivity contribution >= 4 is 29.4 Å². The van der Waals surface area contributed by atoms with Crippen molar-refractivity contribution in [3.63, 3.8) is 0 Å². The van der Waals surface area contributed by atoms with E-state index in [9.17, 15) is 22.4 Å². The van der Waals surface area contributed by atoms with Crippen molar-refractivity contribution in [1.82, 2.24) is 15.2 Å². The predicted molar refractivity (Wildman–Crippen MR) is 170 cm³/mol. The summed E-state index contributed by atoms with van der Waals surface area (Å²) in [7, 11) is 0. The van der Waals surface area contributed by atoms with Crippen LogP contribution in [0.5, 0.6) is 5.75 Å². The number of hydrogen-bond acceptors (Lipinski definition) is 4. The number of urea groups is 1. The molecule has 1 N–H and O–H groups in total. The Morgan fingerprint density at radius 1 is 1.02 bits per heavy atom. The standard InChI is InChI=1S/C35H31ClF4N4O2/c36-27-10-7-24(8-11-27)4-3-17-43-18-14-34(15-19-43)23-44(33(45)42-22-25-13-16-41-32(37)20-25)30-21-26(9-12-29(30)34)28-5-1-2-6-31(28)46-35(38,39)40/h1-13,16,20-21H,14-15,17-19,22-23H2,(H,42,45). The van der Waals surface area contributed by atoms with E-state index in [-0.39, 0.29) is 29.3 Å². The largest absolute Gasteiger partial charge is 0.573 e. The van der Waals surface area contributed by atoms with Crippen LogP contribution in [0.3, 0.4) is 0 Å². The number of rotatable bonds is 7. The van der Waals surface area contributed by atoms with Crippen LogP contribution < -0.4 is 15.0 Å². The summed E-state index contributed by atoms with van der Waals surface area (Å²) in [5.74, 6) is -0.963. The third kappa shape index (κ3) is 7.18. The molecular formula is C35H31ClF4N4O2. The first-order valence-electron chi connectivity index (χ1n) is 14.9. The molecular weight excluding hydrogens is 620 g/mol. The molecule has 0 unspecified atom stereocenters. The lowest BCUT2D eigenvalue weighted by Gasteiger charge is -2.39. The van der Waals surface area contributed by atoms with Gasteiger partial charge in [-0.05, 0) is 84.6 Å². The van der Waals surface area contributed by atoms with Crippen LogP contribution in [0.2, 0.25) is 5.02 Å². The third-order valence-corrected chi connectivity index (χ3v) is 8.83. The van der Waals surface area contributed by atoms with Gasteiger partial charge in [-0.3, -0.25) is 9.80 Å². The number of nitrogens with one attached hydrogen (secondary N) is 1. The second-order valence-corrected chi connectivity index (χ2v) is 12.0. The number of benzene rings is 3. The van der Waals surface area contributed by atoms with Gasteiger partial charge in [0.05, 0.1) is 0 Å². The van der Waals surface area contributed by atoms with Crippen LogP contribution in [-0.2, 0) is 12.0 Å². The van der Waals surface area contributed by atoms with Crippen LogP contribution in [-0.4, -0.2) is 48.5 Å². The maximum absolute atomic E-state index is 13.7. The molecule has 1 spiro atoms. The third-order valence-electron chi connectivity index (χ3n) is 8.58. The smallest absolute Gasteiger partial charge is 0.405 e. The molecule has 3 aromatic carbocycles. The SMILES string of the molecule is O=C(NCc1ccnc(F)c1)N1CC2(CCN(CC=Cc3ccc(Cl)cc3)CC2)c2ccc(-c3ccccc3OC(F)(F)F)cc21. The number of likely N-dealkylation sites (tertiary alicyclic amines) is 1. The molecule has 238 valence electrons. The maximum Gasteiger partial charge on any atom is 0.573 e. The Bertz CT molecular complexity index is 1740. The number of piperidine rings is 1. The van der Waals surface area contributed by atoms with Crippen molar-refractivity contribution in [3.8, 4) is 16.9 Å². The highest BCUT2D eigenvalue weighted by atomic mass is 35.5.